The number of rotatable bonds is 6. The number of methoxy groups -OCH3 is 1. The quantitative estimate of drug-likeness (QED) is 0.687. The van der Waals surface area contributed by atoms with E-state index in [1.165, 1.54) is 12.0 Å². The van der Waals surface area contributed by atoms with Gasteiger partial charge in [0, 0.05) is 19.6 Å². The van der Waals surface area contributed by atoms with Crippen molar-refractivity contribution in [1.29, 1.82) is 0 Å². The molecule has 0 aliphatic carbocycles. The van der Waals surface area contributed by atoms with Crippen molar-refractivity contribution in [3.05, 3.63) is 65.7 Å². The Labute approximate surface area is 178 Å². The average Bonchev–Trinajstić information content (AvgIpc) is 3.26. The standard InChI is InChI=1S/C22H23F3N2O4/c1-30-19-9-7-16(8-10-19)13-27(20(28)22(23,24)25)18-11-12-26(14-18)21(29)31-15-17-5-3-2-4-6-17/h2-10,18H,11-15H2,1H3. The van der Waals surface area contributed by atoms with Gasteiger partial charge >= 0.3 is 18.2 Å². The minimum atomic E-state index is -5.01. The summed E-state index contributed by atoms with van der Waals surface area (Å²) < 4.78 is 50.0. The molecule has 1 aliphatic rings. The summed E-state index contributed by atoms with van der Waals surface area (Å²) >= 11 is 0. The Hall–Kier alpha value is -3.23. The molecule has 1 aliphatic heterocycles. The van der Waals surface area contributed by atoms with Gasteiger partial charge in [0.05, 0.1) is 13.2 Å². The Morgan fingerprint density at radius 2 is 1.74 bits per heavy atom. The minimum Gasteiger partial charge on any atom is -0.497 e. The van der Waals surface area contributed by atoms with Crippen LogP contribution in [0.5, 0.6) is 5.75 Å². The summed E-state index contributed by atoms with van der Waals surface area (Å²) in [6.45, 7) is 0.0337. The Morgan fingerprint density at radius 1 is 1.06 bits per heavy atom. The number of ether oxygens (including phenoxy) is 2. The SMILES string of the molecule is COc1ccc(CN(C(=O)C(F)(F)F)C2CCN(C(=O)OCc3ccccc3)C2)cc1. The van der Waals surface area contributed by atoms with E-state index in [0.29, 0.717) is 11.3 Å². The second kappa shape index (κ2) is 9.72. The van der Waals surface area contributed by atoms with Gasteiger partial charge in [0.25, 0.3) is 0 Å². The Bertz CT molecular complexity index is 888. The summed E-state index contributed by atoms with van der Waals surface area (Å²) in [4.78, 5) is 26.6. The molecule has 1 saturated heterocycles. The fourth-order valence-electron chi connectivity index (χ4n) is 3.43. The Kier molecular flexibility index (Phi) is 7.04. The van der Waals surface area contributed by atoms with Gasteiger partial charge in [-0.2, -0.15) is 13.2 Å². The second-order valence-electron chi connectivity index (χ2n) is 7.21. The number of hydrogen-bond donors (Lipinski definition) is 0. The Morgan fingerprint density at radius 3 is 2.35 bits per heavy atom. The van der Waals surface area contributed by atoms with E-state index < -0.39 is 24.2 Å². The number of likely N-dealkylation sites (tertiary alicyclic amines) is 1. The molecular weight excluding hydrogens is 413 g/mol. The smallest absolute Gasteiger partial charge is 0.471 e. The third kappa shape index (κ3) is 5.90. The van der Waals surface area contributed by atoms with Crippen LogP contribution in [0.25, 0.3) is 0 Å². The predicted octanol–water partition coefficient (Wildman–Crippen LogP) is 4.00. The fourth-order valence-corrected chi connectivity index (χ4v) is 3.43. The highest BCUT2D eigenvalue weighted by molar-refractivity contribution is 5.82. The highest BCUT2D eigenvalue weighted by Crippen LogP contribution is 2.26. The zero-order chi connectivity index (χ0) is 22.4. The van der Waals surface area contributed by atoms with E-state index in [2.05, 4.69) is 0 Å². The number of alkyl halides is 3. The molecule has 0 aromatic heterocycles. The number of amides is 2. The summed E-state index contributed by atoms with van der Waals surface area (Å²) in [5, 5.41) is 0. The minimum absolute atomic E-state index is 0.0222. The molecule has 0 bridgehead atoms. The van der Waals surface area contributed by atoms with Gasteiger partial charge in [0.2, 0.25) is 0 Å². The van der Waals surface area contributed by atoms with E-state index in [-0.39, 0.29) is 32.7 Å². The Balaban J connectivity index is 1.66. The van der Waals surface area contributed by atoms with Crippen LogP contribution in [0.2, 0.25) is 0 Å². The van der Waals surface area contributed by atoms with Crippen molar-refractivity contribution in [1.82, 2.24) is 9.80 Å². The average molecular weight is 436 g/mol. The molecule has 31 heavy (non-hydrogen) atoms. The normalized spacial score (nSPS) is 16.1. The van der Waals surface area contributed by atoms with E-state index in [9.17, 15) is 22.8 Å². The van der Waals surface area contributed by atoms with Gasteiger partial charge in [-0.15, -0.1) is 0 Å². The van der Waals surface area contributed by atoms with Crippen LogP contribution in [-0.4, -0.2) is 54.2 Å². The van der Waals surface area contributed by atoms with Crippen molar-refractivity contribution in [3.8, 4) is 5.75 Å². The summed E-state index contributed by atoms with van der Waals surface area (Å²) in [7, 11) is 1.48. The summed E-state index contributed by atoms with van der Waals surface area (Å²) in [5.74, 6) is -1.36. The zero-order valence-corrected chi connectivity index (χ0v) is 17.0. The molecule has 1 atom stereocenters. The van der Waals surface area contributed by atoms with E-state index in [0.717, 1.165) is 10.5 Å². The summed E-state index contributed by atoms with van der Waals surface area (Å²) in [6.07, 6.45) is -5.39. The van der Waals surface area contributed by atoms with Gasteiger partial charge in [0.1, 0.15) is 12.4 Å². The van der Waals surface area contributed by atoms with Gasteiger partial charge in [-0.1, -0.05) is 42.5 Å². The van der Waals surface area contributed by atoms with Crippen LogP contribution in [0.1, 0.15) is 17.5 Å². The van der Waals surface area contributed by atoms with Crippen molar-refractivity contribution in [2.24, 2.45) is 0 Å². The molecule has 0 spiro atoms. The number of nitrogens with zero attached hydrogens (tertiary/aromatic N) is 2. The molecular formula is C22H23F3N2O4. The molecule has 2 aromatic carbocycles. The van der Waals surface area contributed by atoms with Gasteiger partial charge in [-0.3, -0.25) is 4.79 Å². The number of hydrogen-bond acceptors (Lipinski definition) is 4. The first-order valence-corrected chi connectivity index (χ1v) is 9.74. The van der Waals surface area contributed by atoms with Crippen LogP contribution in [0.15, 0.2) is 54.6 Å². The monoisotopic (exact) mass is 436 g/mol. The third-order valence-corrected chi connectivity index (χ3v) is 5.08. The molecule has 1 heterocycles. The lowest BCUT2D eigenvalue weighted by Crippen LogP contribution is -2.48. The van der Waals surface area contributed by atoms with Crippen molar-refractivity contribution in [2.45, 2.75) is 31.8 Å². The van der Waals surface area contributed by atoms with Gasteiger partial charge < -0.3 is 19.3 Å². The molecule has 166 valence electrons. The van der Waals surface area contributed by atoms with Crippen molar-refractivity contribution in [2.75, 3.05) is 20.2 Å². The molecule has 0 saturated carbocycles. The highest BCUT2D eigenvalue weighted by Gasteiger charge is 2.46. The van der Waals surface area contributed by atoms with Crippen molar-refractivity contribution < 1.29 is 32.2 Å². The first kappa shape index (κ1) is 22.5. The second-order valence-corrected chi connectivity index (χ2v) is 7.21. The molecule has 1 unspecified atom stereocenters. The van der Waals surface area contributed by atoms with Crippen LogP contribution in [0, 0.1) is 0 Å². The summed E-state index contributed by atoms with van der Waals surface area (Å²) in [5.41, 5.74) is 1.34. The topological polar surface area (TPSA) is 59.1 Å². The van der Waals surface area contributed by atoms with Crippen LogP contribution in [0.4, 0.5) is 18.0 Å². The van der Waals surface area contributed by atoms with Crippen LogP contribution in [0.3, 0.4) is 0 Å². The molecule has 9 heteroatoms. The number of benzene rings is 2. The number of carbonyl (C=O) groups is 2. The first-order chi connectivity index (χ1) is 14.8. The van der Waals surface area contributed by atoms with Crippen LogP contribution in [-0.2, 0) is 22.7 Å². The maximum Gasteiger partial charge on any atom is 0.471 e. The predicted molar refractivity (Wildman–Crippen MR) is 106 cm³/mol. The molecule has 6 nitrogen and oxygen atoms in total. The van der Waals surface area contributed by atoms with Crippen molar-refractivity contribution >= 4 is 12.0 Å². The number of halogens is 3. The van der Waals surface area contributed by atoms with E-state index in [4.69, 9.17) is 9.47 Å². The lowest BCUT2D eigenvalue weighted by Gasteiger charge is -2.30. The van der Waals surface area contributed by atoms with Gasteiger partial charge in [-0.25, -0.2) is 4.79 Å². The highest BCUT2D eigenvalue weighted by atomic mass is 19.4. The molecule has 3 rings (SSSR count). The summed E-state index contributed by atoms with van der Waals surface area (Å²) in [6, 6.07) is 14.8. The van der Waals surface area contributed by atoms with Crippen molar-refractivity contribution in [3.63, 3.8) is 0 Å². The number of carbonyl (C=O) groups excluding carboxylic acids is 2. The molecule has 2 amide bonds. The molecule has 2 aromatic rings. The van der Waals surface area contributed by atoms with E-state index >= 15 is 0 Å². The van der Waals surface area contributed by atoms with E-state index in [1.807, 2.05) is 18.2 Å². The maximum absolute atomic E-state index is 13.2. The lowest BCUT2D eigenvalue weighted by molar-refractivity contribution is -0.188. The van der Waals surface area contributed by atoms with Gasteiger partial charge in [-0.05, 0) is 29.7 Å². The molecule has 0 radical (unpaired) electrons. The third-order valence-electron chi connectivity index (χ3n) is 5.08. The molecule has 0 N–H and O–H groups in total. The largest absolute Gasteiger partial charge is 0.497 e. The maximum atomic E-state index is 13.2. The van der Waals surface area contributed by atoms with Crippen LogP contribution >= 0.6 is 0 Å². The fraction of sp³-hybridized carbons (Fsp3) is 0.364. The van der Waals surface area contributed by atoms with E-state index in [1.54, 1.807) is 36.4 Å². The van der Waals surface area contributed by atoms with Gasteiger partial charge in [0.15, 0.2) is 0 Å². The first-order valence-electron chi connectivity index (χ1n) is 9.74. The van der Waals surface area contributed by atoms with Crippen LogP contribution < -0.4 is 4.74 Å². The molecule has 1 fully saturated rings. The zero-order valence-electron chi connectivity index (χ0n) is 17.0. The lowest BCUT2D eigenvalue weighted by atomic mass is 10.1.